The maximum absolute atomic E-state index is 9.63. The van der Waals surface area contributed by atoms with Gasteiger partial charge in [-0.25, -0.2) is 0 Å². The van der Waals surface area contributed by atoms with Crippen molar-refractivity contribution in [3.05, 3.63) is 59.7 Å². The second-order valence-corrected chi connectivity index (χ2v) is 6.43. The predicted molar refractivity (Wildman–Crippen MR) is 91.3 cm³/mol. The molecule has 0 bridgehead atoms. The van der Waals surface area contributed by atoms with Crippen LogP contribution in [0.2, 0.25) is 0 Å². The van der Waals surface area contributed by atoms with Crippen molar-refractivity contribution in [1.29, 1.82) is 0 Å². The van der Waals surface area contributed by atoms with Crippen LogP contribution in [0.4, 0.5) is 0 Å². The lowest BCUT2D eigenvalue weighted by atomic mass is 9.59. The first-order chi connectivity index (χ1) is 10.4. The van der Waals surface area contributed by atoms with Crippen LogP contribution in [0.25, 0.3) is 0 Å². The predicted octanol–water partition coefficient (Wildman–Crippen LogP) is 5.09. The fraction of sp³-hybridized carbons (Fsp3) is 0.400. The van der Waals surface area contributed by atoms with Crippen LogP contribution < -0.4 is 0 Å². The van der Waals surface area contributed by atoms with Gasteiger partial charge in [0.05, 0.1) is 0 Å². The largest absolute Gasteiger partial charge is 0.508 e. The van der Waals surface area contributed by atoms with Crippen LogP contribution in [0, 0.1) is 11.8 Å². The van der Waals surface area contributed by atoms with Gasteiger partial charge < -0.3 is 10.2 Å². The summed E-state index contributed by atoms with van der Waals surface area (Å²) in [6.45, 7) is 8.97. The summed E-state index contributed by atoms with van der Waals surface area (Å²) in [7, 11) is 0. The minimum Gasteiger partial charge on any atom is -0.508 e. The van der Waals surface area contributed by atoms with Crippen molar-refractivity contribution in [2.75, 3.05) is 0 Å². The maximum atomic E-state index is 9.63. The van der Waals surface area contributed by atoms with Crippen LogP contribution in [0.1, 0.15) is 45.2 Å². The van der Waals surface area contributed by atoms with Crippen molar-refractivity contribution < 1.29 is 10.2 Å². The molecule has 2 heteroatoms. The summed E-state index contributed by atoms with van der Waals surface area (Å²) in [5, 5.41) is 19.3. The van der Waals surface area contributed by atoms with Crippen molar-refractivity contribution >= 4 is 0 Å². The molecule has 0 saturated heterocycles. The number of hydrogen-bond donors (Lipinski definition) is 2. The molecule has 0 aromatic heterocycles. The third kappa shape index (κ3) is 2.70. The van der Waals surface area contributed by atoms with Crippen molar-refractivity contribution in [2.24, 2.45) is 11.8 Å². The Labute approximate surface area is 133 Å². The highest BCUT2D eigenvalue weighted by Crippen LogP contribution is 2.47. The Hall–Kier alpha value is -1.96. The third-order valence-electron chi connectivity index (χ3n) is 4.99. The minimum atomic E-state index is -0.143. The molecule has 0 fully saturated rings. The summed E-state index contributed by atoms with van der Waals surface area (Å²) in [6, 6.07) is 15.1. The van der Waals surface area contributed by atoms with Crippen molar-refractivity contribution in [3.63, 3.8) is 0 Å². The molecule has 22 heavy (non-hydrogen) atoms. The van der Waals surface area contributed by atoms with Crippen molar-refractivity contribution in [2.45, 2.75) is 39.5 Å². The van der Waals surface area contributed by atoms with E-state index in [4.69, 9.17) is 0 Å². The SMILES string of the molecule is CCC(C)C(c1ccc(O)cc1)(c1ccc(O)cc1)C(C)C. The number of benzene rings is 2. The zero-order valence-electron chi connectivity index (χ0n) is 13.9. The lowest BCUT2D eigenvalue weighted by Crippen LogP contribution is -2.40. The van der Waals surface area contributed by atoms with Gasteiger partial charge in [0, 0.05) is 5.41 Å². The first-order valence-electron chi connectivity index (χ1n) is 8.01. The van der Waals surface area contributed by atoms with E-state index in [1.165, 1.54) is 11.1 Å². The van der Waals surface area contributed by atoms with Gasteiger partial charge in [-0.3, -0.25) is 0 Å². The van der Waals surface area contributed by atoms with Crippen molar-refractivity contribution in [3.8, 4) is 11.5 Å². The number of rotatable bonds is 5. The molecule has 0 amide bonds. The lowest BCUT2D eigenvalue weighted by Gasteiger charge is -2.44. The van der Waals surface area contributed by atoms with Gasteiger partial charge in [0.15, 0.2) is 0 Å². The van der Waals surface area contributed by atoms with E-state index in [2.05, 4.69) is 27.7 Å². The molecule has 0 aliphatic carbocycles. The molecule has 0 heterocycles. The quantitative estimate of drug-likeness (QED) is 0.807. The van der Waals surface area contributed by atoms with E-state index in [1.54, 1.807) is 24.3 Å². The Balaban J connectivity index is 2.71. The molecule has 2 aromatic carbocycles. The smallest absolute Gasteiger partial charge is 0.115 e. The van der Waals surface area contributed by atoms with E-state index in [9.17, 15) is 10.2 Å². The summed E-state index contributed by atoms with van der Waals surface area (Å²) < 4.78 is 0. The molecule has 118 valence electrons. The van der Waals surface area contributed by atoms with E-state index in [-0.39, 0.29) is 16.9 Å². The molecular formula is C20H26O2. The Bertz CT molecular complexity index is 551. The van der Waals surface area contributed by atoms with Crippen molar-refractivity contribution in [1.82, 2.24) is 0 Å². The van der Waals surface area contributed by atoms with E-state index < -0.39 is 0 Å². The molecule has 0 aliphatic heterocycles. The molecular weight excluding hydrogens is 272 g/mol. The van der Waals surface area contributed by atoms with Crippen LogP contribution in [0.3, 0.4) is 0 Å². The minimum absolute atomic E-state index is 0.143. The molecule has 0 aliphatic rings. The zero-order chi connectivity index (χ0) is 16.3. The Morgan fingerprint density at radius 1 is 0.773 bits per heavy atom. The van der Waals surface area contributed by atoms with Gasteiger partial charge in [-0.1, -0.05) is 58.4 Å². The van der Waals surface area contributed by atoms with Crippen LogP contribution in [0.5, 0.6) is 11.5 Å². The molecule has 2 rings (SSSR count). The first kappa shape index (κ1) is 16.4. The lowest BCUT2D eigenvalue weighted by molar-refractivity contribution is 0.249. The number of aromatic hydroxyl groups is 2. The molecule has 0 spiro atoms. The molecule has 2 N–H and O–H groups in total. The molecule has 1 atom stereocenters. The molecule has 2 aromatic rings. The van der Waals surface area contributed by atoms with Crippen LogP contribution in [0.15, 0.2) is 48.5 Å². The standard InChI is InChI=1S/C20H26O2/c1-5-15(4)20(14(2)3,16-6-10-18(21)11-7-16)17-8-12-19(22)13-9-17/h6-15,21-22H,5H2,1-4H3. The van der Waals surface area contributed by atoms with Gasteiger partial charge in [-0.2, -0.15) is 0 Å². The van der Waals surface area contributed by atoms with E-state index in [1.807, 2.05) is 24.3 Å². The summed E-state index contributed by atoms with van der Waals surface area (Å²) in [5.74, 6) is 1.39. The summed E-state index contributed by atoms with van der Waals surface area (Å²) in [5.41, 5.74) is 2.27. The highest BCUT2D eigenvalue weighted by atomic mass is 16.3. The number of phenols is 2. The van der Waals surface area contributed by atoms with Crippen LogP contribution in [-0.4, -0.2) is 10.2 Å². The normalized spacial score (nSPS) is 13.3. The Morgan fingerprint density at radius 3 is 1.41 bits per heavy atom. The van der Waals surface area contributed by atoms with Gasteiger partial charge in [0.25, 0.3) is 0 Å². The number of phenolic OH excluding ortho intramolecular Hbond substituents is 2. The van der Waals surface area contributed by atoms with Gasteiger partial charge in [0.2, 0.25) is 0 Å². The van der Waals surface area contributed by atoms with Gasteiger partial charge in [-0.05, 0) is 47.2 Å². The molecule has 0 radical (unpaired) electrons. The topological polar surface area (TPSA) is 40.5 Å². The van der Waals surface area contributed by atoms with E-state index in [0.717, 1.165) is 6.42 Å². The van der Waals surface area contributed by atoms with E-state index >= 15 is 0 Å². The summed E-state index contributed by atoms with van der Waals surface area (Å²) in [6.07, 6.45) is 1.06. The maximum Gasteiger partial charge on any atom is 0.115 e. The summed E-state index contributed by atoms with van der Waals surface area (Å²) in [4.78, 5) is 0. The highest BCUT2D eigenvalue weighted by molar-refractivity contribution is 5.44. The second kappa shape index (κ2) is 6.43. The fourth-order valence-corrected chi connectivity index (χ4v) is 3.77. The van der Waals surface area contributed by atoms with Gasteiger partial charge in [0.1, 0.15) is 11.5 Å². The fourth-order valence-electron chi connectivity index (χ4n) is 3.77. The monoisotopic (exact) mass is 298 g/mol. The van der Waals surface area contributed by atoms with Crippen LogP contribution >= 0.6 is 0 Å². The molecule has 0 saturated carbocycles. The van der Waals surface area contributed by atoms with E-state index in [0.29, 0.717) is 11.8 Å². The average molecular weight is 298 g/mol. The Kier molecular flexibility index (Phi) is 4.80. The zero-order valence-corrected chi connectivity index (χ0v) is 13.9. The van der Waals surface area contributed by atoms with Crippen LogP contribution in [-0.2, 0) is 5.41 Å². The second-order valence-electron chi connectivity index (χ2n) is 6.43. The average Bonchev–Trinajstić information content (AvgIpc) is 2.50. The van der Waals surface area contributed by atoms with Gasteiger partial charge in [-0.15, -0.1) is 0 Å². The van der Waals surface area contributed by atoms with Gasteiger partial charge >= 0.3 is 0 Å². The molecule has 1 unspecified atom stereocenters. The number of hydrogen-bond acceptors (Lipinski definition) is 2. The summed E-state index contributed by atoms with van der Waals surface area (Å²) >= 11 is 0. The first-order valence-corrected chi connectivity index (χ1v) is 8.01. The highest BCUT2D eigenvalue weighted by Gasteiger charge is 2.41. The third-order valence-corrected chi connectivity index (χ3v) is 4.99. The Morgan fingerprint density at radius 2 is 1.14 bits per heavy atom. The molecule has 2 nitrogen and oxygen atoms in total.